The van der Waals surface area contributed by atoms with Crippen molar-refractivity contribution in [2.24, 2.45) is 14.1 Å². The van der Waals surface area contributed by atoms with Crippen LogP contribution in [0.1, 0.15) is 0 Å². The molecule has 0 saturated carbocycles. The van der Waals surface area contributed by atoms with Crippen molar-refractivity contribution in [1.29, 1.82) is 0 Å². The molecule has 0 unspecified atom stereocenters. The molecular weight excluding hydrogens is 685 g/mol. The van der Waals surface area contributed by atoms with Crippen LogP contribution in [0.5, 0.6) is 0 Å². The molecule has 10 aromatic rings. The molecule has 8 aromatic carbocycles. The van der Waals surface area contributed by atoms with Crippen molar-refractivity contribution in [3.63, 3.8) is 0 Å². The summed E-state index contributed by atoms with van der Waals surface area (Å²) >= 11 is 0. The number of fused-ring (bicyclic) bond motifs is 3. The van der Waals surface area contributed by atoms with Crippen LogP contribution in [0.3, 0.4) is 0 Å². The van der Waals surface area contributed by atoms with Crippen LogP contribution in [0.2, 0.25) is 0 Å². The topological polar surface area (TPSA) is 52.7 Å². The first-order chi connectivity index (χ1) is 27.5. The lowest BCUT2D eigenvalue weighted by Gasteiger charge is -2.20. The van der Waals surface area contributed by atoms with Crippen molar-refractivity contribution >= 4 is 32.6 Å². The molecule has 266 valence electrons. The highest BCUT2D eigenvalue weighted by atomic mass is 16.1. The predicted molar refractivity (Wildman–Crippen MR) is 231 cm³/mol. The molecule has 10 rings (SSSR count). The van der Waals surface area contributed by atoms with Gasteiger partial charge >= 0.3 is 5.69 Å². The Morgan fingerprint density at radius 1 is 0.375 bits per heavy atom. The summed E-state index contributed by atoms with van der Waals surface area (Å²) < 4.78 is 3.43. The Labute approximate surface area is 324 Å². The molecule has 0 spiro atoms. The molecule has 0 radical (unpaired) electrons. The summed E-state index contributed by atoms with van der Waals surface area (Å²) in [7, 11) is 3.67. The third-order valence-corrected chi connectivity index (χ3v) is 11.0. The maximum absolute atomic E-state index is 12.9. The van der Waals surface area contributed by atoms with Crippen LogP contribution in [0.15, 0.2) is 187 Å². The number of hydrogen-bond donors (Lipinski definition) is 0. The number of nitrogens with zero attached hydrogens (tertiary/aromatic N) is 4. The quantitative estimate of drug-likeness (QED) is 0.161. The highest BCUT2D eigenvalue weighted by molar-refractivity contribution is 6.22. The molecule has 2 heterocycles. The van der Waals surface area contributed by atoms with Gasteiger partial charge in [0.2, 0.25) is 0 Å². The van der Waals surface area contributed by atoms with Gasteiger partial charge in [0, 0.05) is 30.8 Å². The zero-order chi connectivity index (χ0) is 37.8. The van der Waals surface area contributed by atoms with E-state index in [1.807, 2.05) is 38.4 Å². The summed E-state index contributed by atoms with van der Waals surface area (Å²) in [6.45, 7) is 0. The van der Waals surface area contributed by atoms with E-state index < -0.39 is 0 Å². The van der Waals surface area contributed by atoms with Gasteiger partial charge in [-0.1, -0.05) is 164 Å². The Morgan fingerprint density at radius 3 is 1.41 bits per heavy atom. The standard InChI is InChI=1S/C51H36N4O/c1-54-46-30-29-35(31-47(46)55(2)51(54)56)48-40-25-13-15-27-42(40)49(43-28-16-14-26-41(43)48)39-24-12-11-23-38(39)45-32-44(52-50(53-45)34-19-7-4-8-20-34)37-22-10-9-21-36(37)33-17-5-3-6-18-33/h3-32H,1-2H3. The number of imidazole rings is 1. The maximum atomic E-state index is 12.9. The molecule has 0 aliphatic rings. The zero-order valence-corrected chi connectivity index (χ0v) is 31.0. The maximum Gasteiger partial charge on any atom is 0.328 e. The molecule has 0 aliphatic carbocycles. The Bertz CT molecular complexity index is 3120. The first-order valence-corrected chi connectivity index (χ1v) is 18.8. The Morgan fingerprint density at radius 2 is 0.821 bits per heavy atom. The van der Waals surface area contributed by atoms with Crippen LogP contribution >= 0.6 is 0 Å². The first kappa shape index (κ1) is 33.2. The van der Waals surface area contributed by atoms with Gasteiger partial charge in [0.25, 0.3) is 0 Å². The number of rotatable bonds is 6. The Hall–Kier alpha value is -7.37. The second-order valence-corrected chi connectivity index (χ2v) is 14.2. The number of hydrogen-bond acceptors (Lipinski definition) is 3. The lowest BCUT2D eigenvalue weighted by molar-refractivity contribution is 0.795. The second kappa shape index (κ2) is 13.5. The molecule has 56 heavy (non-hydrogen) atoms. The third kappa shape index (κ3) is 5.44. The second-order valence-electron chi connectivity index (χ2n) is 14.2. The van der Waals surface area contributed by atoms with E-state index in [4.69, 9.17) is 9.97 Å². The summed E-state index contributed by atoms with van der Waals surface area (Å²) in [5.41, 5.74) is 13.2. The van der Waals surface area contributed by atoms with E-state index >= 15 is 0 Å². The van der Waals surface area contributed by atoms with Crippen molar-refractivity contribution in [2.75, 3.05) is 0 Å². The molecule has 2 aromatic heterocycles. The van der Waals surface area contributed by atoms with Gasteiger partial charge in [-0.05, 0) is 73.1 Å². The first-order valence-electron chi connectivity index (χ1n) is 18.8. The summed E-state index contributed by atoms with van der Waals surface area (Å²) in [6.07, 6.45) is 0. The monoisotopic (exact) mass is 720 g/mol. The molecule has 0 amide bonds. The Kier molecular flexibility index (Phi) is 8.00. The van der Waals surface area contributed by atoms with Crippen LogP contribution in [0.4, 0.5) is 0 Å². The van der Waals surface area contributed by atoms with E-state index in [1.54, 1.807) is 9.13 Å². The van der Waals surface area contributed by atoms with Crippen molar-refractivity contribution in [3.05, 3.63) is 192 Å². The molecule has 5 heteroatoms. The molecular formula is C51H36N4O. The van der Waals surface area contributed by atoms with Crippen molar-refractivity contribution in [1.82, 2.24) is 19.1 Å². The molecule has 0 bridgehead atoms. The number of benzene rings is 8. The predicted octanol–water partition coefficient (Wildman–Crippen LogP) is 12.0. The molecule has 0 atom stereocenters. The van der Waals surface area contributed by atoms with Crippen LogP contribution in [-0.4, -0.2) is 19.1 Å². The van der Waals surface area contributed by atoms with Crippen LogP contribution < -0.4 is 5.69 Å². The van der Waals surface area contributed by atoms with Crippen molar-refractivity contribution in [3.8, 4) is 67.3 Å². The minimum Gasteiger partial charge on any atom is -0.295 e. The van der Waals surface area contributed by atoms with Gasteiger partial charge in [-0.2, -0.15) is 0 Å². The van der Waals surface area contributed by atoms with Gasteiger partial charge in [0.1, 0.15) is 0 Å². The highest BCUT2D eigenvalue weighted by Gasteiger charge is 2.21. The SMILES string of the molecule is Cn1c(=O)n(C)c2cc(-c3c4ccccc4c(-c4ccccc4-c4cc(-c5ccccc5-c5ccccc5)nc(-c5ccccc5)n4)c4ccccc34)ccc21. The molecule has 0 fully saturated rings. The zero-order valence-electron chi connectivity index (χ0n) is 31.0. The fourth-order valence-corrected chi connectivity index (χ4v) is 8.33. The van der Waals surface area contributed by atoms with E-state index in [0.717, 1.165) is 94.0 Å². The molecule has 0 N–H and O–H groups in total. The lowest BCUT2D eigenvalue weighted by atomic mass is 9.84. The van der Waals surface area contributed by atoms with Crippen molar-refractivity contribution in [2.45, 2.75) is 0 Å². The normalized spacial score (nSPS) is 11.5. The lowest BCUT2D eigenvalue weighted by Crippen LogP contribution is -2.19. The smallest absolute Gasteiger partial charge is 0.295 e. The fraction of sp³-hybridized carbons (Fsp3) is 0.0392. The van der Waals surface area contributed by atoms with Gasteiger partial charge in [0.05, 0.1) is 22.4 Å². The van der Waals surface area contributed by atoms with E-state index in [9.17, 15) is 4.79 Å². The summed E-state index contributed by atoms with van der Waals surface area (Å²) in [6, 6.07) is 63.7. The van der Waals surface area contributed by atoms with E-state index in [2.05, 4.69) is 158 Å². The summed E-state index contributed by atoms with van der Waals surface area (Å²) in [5, 5.41) is 4.56. The van der Waals surface area contributed by atoms with Crippen LogP contribution in [0.25, 0.3) is 99.9 Å². The van der Waals surface area contributed by atoms with Crippen LogP contribution in [0, 0.1) is 0 Å². The Balaban J connectivity index is 1.24. The minimum absolute atomic E-state index is 0.0364. The van der Waals surface area contributed by atoms with E-state index in [-0.39, 0.29) is 5.69 Å². The van der Waals surface area contributed by atoms with Gasteiger partial charge in [-0.25, -0.2) is 14.8 Å². The third-order valence-electron chi connectivity index (χ3n) is 11.0. The summed E-state index contributed by atoms with van der Waals surface area (Å²) in [4.78, 5) is 23.5. The molecule has 0 saturated heterocycles. The van der Waals surface area contributed by atoms with Gasteiger partial charge < -0.3 is 0 Å². The van der Waals surface area contributed by atoms with Gasteiger partial charge in [-0.3, -0.25) is 9.13 Å². The van der Waals surface area contributed by atoms with Gasteiger partial charge in [0.15, 0.2) is 5.82 Å². The minimum atomic E-state index is -0.0364. The number of aryl methyl sites for hydroxylation is 2. The van der Waals surface area contributed by atoms with Crippen molar-refractivity contribution < 1.29 is 0 Å². The van der Waals surface area contributed by atoms with Crippen LogP contribution in [-0.2, 0) is 14.1 Å². The summed E-state index contributed by atoms with van der Waals surface area (Å²) in [5.74, 6) is 0.673. The van der Waals surface area contributed by atoms with E-state index in [0.29, 0.717) is 5.82 Å². The average Bonchev–Trinajstić information content (AvgIpc) is 3.48. The average molecular weight is 721 g/mol. The van der Waals surface area contributed by atoms with Gasteiger partial charge in [-0.15, -0.1) is 0 Å². The largest absolute Gasteiger partial charge is 0.328 e. The molecule has 5 nitrogen and oxygen atoms in total. The number of aromatic nitrogens is 4. The fourth-order valence-electron chi connectivity index (χ4n) is 8.33. The molecule has 0 aliphatic heterocycles. The highest BCUT2D eigenvalue weighted by Crippen LogP contribution is 2.46. The van der Waals surface area contributed by atoms with E-state index in [1.165, 1.54) is 0 Å².